The van der Waals surface area contributed by atoms with Crippen molar-refractivity contribution in [2.75, 3.05) is 0 Å². The average Bonchev–Trinajstić information content (AvgIpc) is 1.98. The van der Waals surface area contributed by atoms with Crippen LogP contribution in [0.4, 0.5) is 0 Å². The molecular weight excluding hydrogens is 150 g/mol. The number of aliphatic hydroxyl groups is 1. The Labute approximate surface area is 72.5 Å². The minimum Gasteiger partial charge on any atom is -0.384 e. The molecule has 0 aromatic rings. The zero-order valence-electron chi connectivity index (χ0n) is 7.21. The van der Waals surface area contributed by atoms with E-state index in [1.54, 1.807) is 0 Å². The summed E-state index contributed by atoms with van der Waals surface area (Å²) in [6.45, 7) is 0. The van der Waals surface area contributed by atoms with Crippen LogP contribution >= 0.6 is 0 Å². The van der Waals surface area contributed by atoms with E-state index in [4.69, 9.17) is 5.41 Å². The van der Waals surface area contributed by atoms with Gasteiger partial charge in [-0.2, -0.15) is 0 Å². The largest absolute Gasteiger partial charge is 0.384 e. The minimum absolute atomic E-state index is 0.446. The standard InChI is InChI=1S/C10H15NO/c11-9-8-2-6-1-7(3-8)5-10(9,12)4-6/h6-8,11-12H,1-5H2. The van der Waals surface area contributed by atoms with Crippen LogP contribution in [0.5, 0.6) is 0 Å². The first kappa shape index (κ1) is 7.07. The fourth-order valence-corrected chi connectivity index (χ4v) is 3.77. The lowest BCUT2D eigenvalue weighted by atomic mass is 9.53. The van der Waals surface area contributed by atoms with E-state index < -0.39 is 5.60 Å². The van der Waals surface area contributed by atoms with Gasteiger partial charge in [0.25, 0.3) is 0 Å². The molecule has 4 bridgehead atoms. The van der Waals surface area contributed by atoms with Gasteiger partial charge in [0.1, 0.15) is 5.60 Å². The molecule has 2 heteroatoms. The van der Waals surface area contributed by atoms with Crippen molar-refractivity contribution in [2.24, 2.45) is 17.8 Å². The molecule has 4 aliphatic carbocycles. The fraction of sp³-hybridized carbons (Fsp3) is 0.900. The first-order chi connectivity index (χ1) is 5.67. The Morgan fingerprint density at radius 2 is 1.75 bits per heavy atom. The Hall–Kier alpha value is -0.370. The molecule has 66 valence electrons. The van der Waals surface area contributed by atoms with Crippen molar-refractivity contribution in [2.45, 2.75) is 37.7 Å². The van der Waals surface area contributed by atoms with Crippen molar-refractivity contribution >= 4 is 5.71 Å². The Bertz CT molecular complexity index is 234. The van der Waals surface area contributed by atoms with Gasteiger partial charge in [0.15, 0.2) is 0 Å². The van der Waals surface area contributed by atoms with Gasteiger partial charge in [0.2, 0.25) is 0 Å². The number of nitrogens with one attached hydrogen (secondary N) is 1. The summed E-state index contributed by atoms with van der Waals surface area (Å²) >= 11 is 0. The van der Waals surface area contributed by atoms with Gasteiger partial charge >= 0.3 is 0 Å². The summed E-state index contributed by atoms with van der Waals surface area (Å²) in [7, 11) is 0. The molecule has 0 spiro atoms. The minimum atomic E-state index is -0.658. The Morgan fingerprint density at radius 3 is 2.25 bits per heavy atom. The summed E-state index contributed by atoms with van der Waals surface area (Å²) in [6, 6.07) is 0. The second kappa shape index (κ2) is 1.92. The molecule has 2 N–H and O–H groups in total. The van der Waals surface area contributed by atoms with E-state index in [9.17, 15) is 5.11 Å². The second-order valence-electron chi connectivity index (χ2n) is 4.99. The zero-order valence-corrected chi connectivity index (χ0v) is 7.21. The van der Waals surface area contributed by atoms with E-state index in [0.29, 0.717) is 11.6 Å². The van der Waals surface area contributed by atoms with Crippen LogP contribution in [0, 0.1) is 23.2 Å². The van der Waals surface area contributed by atoms with Crippen LogP contribution in [0.3, 0.4) is 0 Å². The zero-order chi connectivity index (χ0) is 8.34. The predicted molar refractivity (Wildman–Crippen MR) is 46.2 cm³/mol. The fourth-order valence-electron chi connectivity index (χ4n) is 3.77. The smallest absolute Gasteiger partial charge is 0.103 e. The van der Waals surface area contributed by atoms with Crippen molar-refractivity contribution in [3.05, 3.63) is 0 Å². The molecule has 4 aliphatic rings. The SMILES string of the molecule is N=C1C2CC3CC(C2)CC1(O)C3. The molecule has 0 aliphatic heterocycles. The molecular formula is C10H15NO. The monoisotopic (exact) mass is 165 g/mol. The lowest BCUT2D eigenvalue weighted by Gasteiger charge is -2.54. The molecule has 2 unspecified atom stereocenters. The number of hydrogen-bond donors (Lipinski definition) is 2. The van der Waals surface area contributed by atoms with Gasteiger partial charge in [-0.05, 0) is 43.9 Å². The first-order valence-corrected chi connectivity index (χ1v) is 4.99. The van der Waals surface area contributed by atoms with Gasteiger partial charge < -0.3 is 10.5 Å². The molecule has 0 radical (unpaired) electrons. The third-order valence-corrected chi connectivity index (χ3v) is 4.06. The van der Waals surface area contributed by atoms with Gasteiger partial charge in [0, 0.05) is 11.6 Å². The summed E-state index contributed by atoms with van der Waals surface area (Å²) in [4.78, 5) is 0. The van der Waals surface area contributed by atoms with Gasteiger partial charge in [-0.3, -0.25) is 0 Å². The molecule has 2 nitrogen and oxygen atoms in total. The van der Waals surface area contributed by atoms with E-state index in [2.05, 4.69) is 0 Å². The van der Waals surface area contributed by atoms with Crippen molar-refractivity contribution in [1.29, 1.82) is 5.41 Å². The Kier molecular flexibility index (Phi) is 1.13. The van der Waals surface area contributed by atoms with Crippen LogP contribution < -0.4 is 0 Å². The second-order valence-corrected chi connectivity index (χ2v) is 4.99. The first-order valence-electron chi connectivity index (χ1n) is 4.99. The summed E-state index contributed by atoms with van der Waals surface area (Å²) in [6.07, 6.45) is 5.49. The molecule has 0 heterocycles. The highest BCUT2D eigenvalue weighted by molar-refractivity contribution is 5.93. The van der Waals surface area contributed by atoms with E-state index in [1.807, 2.05) is 0 Å². The molecule has 2 atom stereocenters. The topological polar surface area (TPSA) is 44.1 Å². The van der Waals surface area contributed by atoms with Crippen molar-refractivity contribution in [3.8, 4) is 0 Å². The normalized spacial score (nSPS) is 56.4. The molecule has 0 aromatic carbocycles. The molecule has 0 saturated heterocycles. The highest BCUT2D eigenvalue weighted by atomic mass is 16.3. The average molecular weight is 165 g/mol. The van der Waals surface area contributed by atoms with E-state index in [-0.39, 0.29) is 0 Å². The van der Waals surface area contributed by atoms with E-state index >= 15 is 0 Å². The van der Waals surface area contributed by atoms with Crippen LogP contribution in [-0.2, 0) is 0 Å². The van der Waals surface area contributed by atoms with Crippen LogP contribution in [0.2, 0.25) is 0 Å². The highest BCUT2D eigenvalue weighted by Crippen LogP contribution is 2.53. The molecule has 12 heavy (non-hydrogen) atoms. The molecule has 4 fully saturated rings. The number of rotatable bonds is 0. The molecule has 4 rings (SSSR count). The molecule has 0 aromatic heterocycles. The van der Waals surface area contributed by atoms with Gasteiger partial charge in [0.05, 0.1) is 0 Å². The van der Waals surface area contributed by atoms with Crippen molar-refractivity contribution in [3.63, 3.8) is 0 Å². The van der Waals surface area contributed by atoms with Crippen LogP contribution in [0.25, 0.3) is 0 Å². The Balaban J connectivity index is 2.02. The number of hydrogen-bond acceptors (Lipinski definition) is 2. The van der Waals surface area contributed by atoms with Gasteiger partial charge in [-0.1, -0.05) is 0 Å². The van der Waals surface area contributed by atoms with Crippen molar-refractivity contribution in [1.82, 2.24) is 0 Å². The summed E-state index contributed by atoms with van der Waals surface area (Å²) in [5, 5.41) is 18.0. The maximum Gasteiger partial charge on any atom is 0.103 e. The van der Waals surface area contributed by atoms with E-state index in [1.165, 1.54) is 19.3 Å². The highest BCUT2D eigenvalue weighted by Gasteiger charge is 2.53. The van der Waals surface area contributed by atoms with Crippen LogP contribution in [0.1, 0.15) is 32.1 Å². The lowest BCUT2D eigenvalue weighted by molar-refractivity contribution is -0.0378. The molecule has 4 saturated carbocycles. The summed E-state index contributed by atoms with van der Waals surface area (Å²) in [5.74, 6) is 1.92. The maximum atomic E-state index is 10.1. The quantitative estimate of drug-likeness (QED) is 0.562. The van der Waals surface area contributed by atoms with Crippen molar-refractivity contribution < 1.29 is 5.11 Å². The van der Waals surface area contributed by atoms with E-state index in [0.717, 1.165) is 24.7 Å². The summed E-state index contributed by atoms with van der Waals surface area (Å²) < 4.78 is 0. The molecule has 0 amide bonds. The summed E-state index contributed by atoms with van der Waals surface area (Å²) in [5.41, 5.74) is 0.00377. The van der Waals surface area contributed by atoms with Gasteiger partial charge in [-0.25, -0.2) is 0 Å². The maximum absolute atomic E-state index is 10.1. The third kappa shape index (κ3) is 0.717. The predicted octanol–water partition coefficient (Wildman–Crippen LogP) is 1.58. The third-order valence-electron chi connectivity index (χ3n) is 4.06. The van der Waals surface area contributed by atoms with Crippen LogP contribution in [0.15, 0.2) is 0 Å². The van der Waals surface area contributed by atoms with Gasteiger partial charge in [-0.15, -0.1) is 0 Å². The van der Waals surface area contributed by atoms with Crippen LogP contribution in [-0.4, -0.2) is 16.4 Å². The lowest BCUT2D eigenvalue weighted by Crippen LogP contribution is -2.57. The Morgan fingerprint density at radius 1 is 1.17 bits per heavy atom.